The van der Waals surface area contributed by atoms with E-state index in [-0.39, 0.29) is 4.90 Å². The average molecular weight is 226 g/mol. The topological polar surface area (TPSA) is 63.2 Å². The Morgan fingerprint density at radius 1 is 1.33 bits per heavy atom. The van der Waals surface area contributed by atoms with Gasteiger partial charge in [0.15, 0.2) is 0 Å². The number of amides is 1. The second-order valence-corrected chi connectivity index (χ2v) is 4.58. The maximum atomic E-state index is 11.6. The summed E-state index contributed by atoms with van der Waals surface area (Å²) in [5.41, 5.74) is 0. The van der Waals surface area contributed by atoms with Crippen molar-refractivity contribution in [2.45, 2.75) is 18.2 Å². The first-order chi connectivity index (χ1) is 7.06. The third-order valence-corrected chi connectivity index (χ3v) is 3.04. The Bertz CT molecular complexity index is 425. The number of hydrogen-bond acceptors (Lipinski definition) is 3. The summed E-state index contributed by atoms with van der Waals surface area (Å²) in [5.74, 6) is -0.596. The lowest BCUT2D eigenvalue weighted by Gasteiger charge is -2.05. The molecule has 15 heavy (non-hydrogen) atoms. The molecule has 4 nitrogen and oxygen atoms in total. The van der Waals surface area contributed by atoms with Crippen LogP contribution in [0.15, 0.2) is 35.2 Å². The molecule has 0 saturated heterocycles. The predicted molar refractivity (Wildman–Crippen MR) is 56.4 cm³/mol. The van der Waals surface area contributed by atoms with Crippen molar-refractivity contribution in [2.24, 2.45) is 0 Å². The molecule has 1 aromatic carbocycles. The van der Waals surface area contributed by atoms with Gasteiger partial charge < -0.3 is 0 Å². The third-order valence-electron chi connectivity index (χ3n) is 1.68. The minimum absolute atomic E-state index is 0.0860. The molecule has 5 heteroatoms. The van der Waals surface area contributed by atoms with Crippen molar-refractivity contribution < 1.29 is 13.2 Å². The van der Waals surface area contributed by atoms with Gasteiger partial charge in [-0.25, -0.2) is 13.1 Å². The van der Waals surface area contributed by atoms with E-state index in [1.165, 1.54) is 18.6 Å². The number of sulfonamides is 1. The summed E-state index contributed by atoms with van der Waals surface area (Å²) < 4.78 is 25.1. The molecule has 1 rings (SSSR count). The van der Waals surface area contributed by atoms with E-state index in [1.807, 2.05) is 4.72 Å². The van der Waals surface area contributed by atoms with Crippen LogP contribution in [0, 0.1) is 6.42 Å². The van der Waals surface area contributed by atoms with Crippen LogP contribution in [0.1, 0.15) is 13.3 Å². The number of rotatable bonds is 4. The fraction of sp³-hybridized carbons (Fsp3) is 0.200. The van der Waals surface area contributed by atoms with Crippen LogP contribution in [0.2, 0.25) is 0 Å². The highest BCUT2D eigenvalue weighted by Crippen LogP contribution is 2.07. The highest BCUT2D eigenvalue weighted by molar-refractivity contribution is 7.90. The first-order valence-electron chi connectivity index (χ1n) is 4.51. The Hall–Kier alpha value is -1.36. The van der Waals surface area contributed by atoms with Crippen molar-refractivity contribution >= 4 is 15.9 Å². The molecular formula is C10H12NO3S. The van der Waals surface area contributed by atoms with Gasteiger partial charge in [-0.3, -0.25) is 4.79 Å². The standard InChI is InChI=1S/C10H12NO3S/c1-2-6-10(12)11-15(13,14)9-7-4-3-5-8-9/h3-8H,2H2,1H3,(H,11,12). The highest BCUT2D eigenvalue weighted by Gasteiger charge is 2.15. The van der Waals surface area contributed by atoms with Crippen molar-refractivity contribution in [3.05, 3.63) is 36.8 Å². The predicted octanol–water partition coefficient (Wildman–Crippen LogP) is 1.11. The van der Waals surface area contributed by atoms with E-state index in [0.29, 0.717) is 6.42 Å². The normalized spacial score (nSPS) is 11.0. The summed E-state index contributed by atoms with van der Waals surface area (Å²) in [5, 5.41) is 0. The summed E-state index contributed by atoms with van der Waals surface area (Å²) in [6, 6.07) is 7.77. The van der Waals surface area contributed by atoms with Crippen LogP contribution in [0.25, 0.3) is 0 Å². The van der Waals surface area contributed by atoms with Crippen molar-refractivity contribution in [3.8, 4) is 0 Å². The maximum Gasteiger partial charge on any atom is 0.264 e. The summed E-state index contributed by atoms with van der Waals surface area (Å²) >= 11 is 0. The fourth-order valence-electron chi connectivity index (χ4n) is 1.02. The van der Waals surface area contributed by atoms with Gasteiger partial charge in [-0.05, 0) is 18.6 Å². The number of hydrogen-bond donors (Lipinski definition) is 1. The van der Waals surface area contributed by atoms with E-state index in [4.69, 9.17) is 0 Å². The second kappa shape index (κ2) is 4.93. The fourth-order valence-corrected chi connectivity index (χ4v) is 2.00. The quantitative estimate of drug-likeness (QED) is 0.836. The van der Waals surface area contributed by atoms with Gasteiger partial charge in [-0.1, -0.05) is 25.1 Å². The smallest absolute Gasteiger partial charge is 0.264 e. The lowest BCUT2D eigenvalue weighted by molar-refractivity contribution is -0.116. The van der Waals surface area contributed by atoms with Crippen LogP contribution in [-0.2, 0) is 14.8 Å². The molecule has 1 radical (unpaired) electrons. The van der Waals surface area contributed by atoms with Crippen LogP contribution < -0.4 is 4.72 Å². The van der Waals surface area contributed by atoms with Gasteiger partial charge >= 0.3 is 0 Å². The number of carbonyl (C=O) groups excluding carboxylic acids is 1. The largest absolute Gasteiger partial charge is 0.274 e. The Kier molecular flexibility index (Phi) is 3.85. The monoisotopic (exact) mass is 226 g/mol. The van der Waals surface area contributed by atoms with E-state index < -0.39 is 15.9 Å². The third kappa shape index (κ3) is 3.36. The Morgan fingerprint density at radius 2 is 1.93 bits per heavy atom. The van der Waals surface area contributed by atoms with Gasteiger partial charge in [-0.2, -0.15) is 0 Å². The maximum absolute atomic E-state index is 11.6. The van der Waals surface area contributed by atoms with Crippen molar-refractivity contribution in [1.82, 2.24) is 4.72 Å². The van der Waals surface area contributed by atoms with Crippen LogP contribution >= 0.6 is 0 Å². The zero-order chi connectivity index (χ0) is 11.3. The molecule has 0 fully saturated rings. The molecule has 0 bridgehead atoms. The lowest BCUT2D eigenvalue weighted by atomic mass is 10.3. The van der Waals surface area contributed by atoms with Crippen LogP contribution in [0.5, 0.6) is 0 Å². The molecule has 0 unspecified atom stereocenters. The average Bonchev–Trinajstić information content (AvgIpc) is 2.18. The lowest BCUT2D eigenvalue weighted by Crippen LogP contribution is -2.30. The number of carbonyl (C=O) groups is 1. The zero-order valence-electron chi connectivity index (χ0n) is 8.30. The minimum Gasteiger partial charge on any atom is -0.274 e. The molecule has 0 aromatic heterocycles. The molecule has 0 atom stereocenters. The molecule has 0 spiro atoms. The molecule has 0 heterocycles. The molecule has 1 aromatic rings. The summed E-state index contributed by atoms with van der Waals surface area (Å²) in [6.45, 7) is 1.76. The molecule has 0 aliphatic rings. The van der Waals surface area contributed by atoms with Crippen molar-refractivity contribution in [1.29, 1.82) is 0 Å². The highest BCUT2D eigenvalue weighted by atomic mass is 32.2. The summed E-state index contributed by atoms with van der Waals surface area (Å²) in [6.07, 6.45) is 1.77. The number of benzene rings is 1. The van der Waals surface area contributed by atoms with Gasteiger partial charge in [-0.15, -0.1) is 0 Å². The first kappa shape index (κ1) is 11.7. The zero-order valence-corrected chi connectivity index (χ0v) is 9.12. The van der Waals surface area contributed by atoms with E-state index in [2.05, 4.69) is 0 Å². The first-order valence-corrected chi connectivity index (χ1v) is 5.99. The van der Waals surface area contributed by atoms with Crippen LogP contribution in [0.4, 0.5) is 0 Å². The van der Waals surface area contributed by atoms with Crippen LogP contribution in [0.3, 0.4) is 0 Å². The van der Waals surface area contributed by atoms with Gasteiger partial charge in [0.2, 0.25) is 5.91 Å². The molecule has 1 N–H and O–H groups in total. The van der Waals surface area contributed by atoms with E-state index in [0.717, 1.165) is 0 Å². The van der Waals surface area contributed by atoms with Crippen LogP contribution in [-0.4, -0.2) is 14.3 Å². The van der Waals surface area contributed by atoms with Gasteiger partial charge in [0.1, 0.15) is 0 Å². The second-order valence-electron chi connectivity index (χ2n) is 2.90. The van der Waals surface area contributed by atoms with E-state index in [1.54, 1.807) is 25.1 Å². The molecular weight excluding hydrogens is 214 g/mol. The molecule has 0 aliphatic carbocycles. The summed E-state index contributed by atoms with van der Waals surface area (Å²) in [7, 11) is -3.71. The Labute approximate surface area is 89.4 Å². The Balaban J connectivity index is 2.81. The summed E-state index contributed by atoms with van der Waals surface area (Å²) in [4.78, 5) is 11.2. The van der Waals surface area contributed by atoms with Gasteiger partial charge in [0, 0.05) is 0 Å². The minimum atomic E-state index is -3.71. The molecule has 81 valence electrons. The molecule has 0 aliphatic heterocycles. The van der Waals surface area contributed by atoms with Crippen molar-refractivity contribution in [2.75, 3.05) is 0 Å². The Morgan fingerprint density at radius 3 is 2.47 bits per heavy atom. The molecule has 1 amide bonds. The van der Waals surface area contributed by atoms with Gasteiger partial charge in [0.05, 0.1) is 11.3 Å². The van der Waals surface area contributed by atoms with Gasteiger partial charge in [0.25, 0.3) is 10.0 Å². The van der Waals surface area contributed by atoms with Crippen molar-refractivity contribution in [3.63, 3.8) is 0 Å². The van der Waals surface area contributed by atoms with E-state index >= 15 is 0 Å². The van der Waals surface area contributed by atoms with E-state index in [9.17, 15) is 13.2 Å². The number of nitrogens with one attached hydrogen (secondary N) is 1. The SMILES string of the molecule is CC[CH]C(=O)NS(=O)(=O)c1ccccc1. The molecule has 0 saturated carbocycles.